The van der Waals surface area contributed by atoms with E-state index in [4.69, 9.17) is 5.11 Å². The Bertz CT molecular complexity index is 719. The predicted octanol–water partition coefficient (Wildman–Crippen LogP) is 1.57. The van der Waals surface area contributed by atoms with Crippen LogP contribution < -0.4 is 5.32 Å². The highest BCUT2D eigenvalue weighted by molar-refractivity contribution is 6.10. The van der Waals surface area contributed by atoms with E-state index < -0.39 is 30.0 Å². The zero-order valence-corrected chi connectivity index (χ0v) is 12.1. The van der Waals surface area contributed by atoms with Gasteiger partial charge in [0.2, 0.25) is 0 Å². The van der Waals surface area contributed by atoms with Gasteiger partial charge in [0.1, 0.15) is 6.54 Å². The highest BCUT2D eigenvalue weighted by Gasteiger charge is 2.54. The first kappa shape index (κ1) is 14.8. The molecule has 0 aliphatic carbocycles. The Morgan fingerprint density at radius 2 is 1.43 bits per heavy atom. The summed E-state index contributed by atoms with van der Waals surface area (Å²) in [4.78, 5) is 36.8. The van der Waals surface area contributed by atoms with Crippen molar-refractivity contribution < 1.29 is 19.5 Å². The summed E-state index contributed by atoms with van der Waals surface area (Å²) in [7, 11) is 0. The minimum atomic E-state index is -1.41. The molecule has 3 rings (SSSR count). The molecule has 23 heavy (non-hydrogen) atoms. The Kier molecular flexibility index (Phi) is 3.57. The van der Waals surface area contributed by atoms with Crippen LogP contribution in [0, 0.1) is 0 Å². The third-order valence-corrected chi connectivity index (χ3v) is 3.81. The molecule has 6 heteroatoms. The predicted molar refractivity (Wildman–Crippen MR) is 81.5 cm³/mol. The summed E-state index contributed by atoms with van der Waals surface area (Å²) in [6.45, 7) is -0.675. The number of amides is 3. The average Bonchev–Trinajstić information content (AvgIpc) is 2.82. The summed E-state index contributed by atoms with van der Waals surface area (Å²) in [5, 5.41) is 11.6. The number of carboxylic acid groups (broad SMARTS) is 1. The standard InChI is InChI=1S/C17H14N2O4/c20-14(21)11-19-15(22)17(18-16(19)23,12-7-3-1-4-8-12)13-9-5-2-6-10-13/h1-10H,11H2,(H,18,23)(H,20,21). The van der Waals surface area contributed by atoms with Crippen LogP contribution in [0.5, 0.6) is 0 Å². The van der Waals surface area contributed by atoms with Crippen LogP contribution in [0.2, 0.25) is 0 Å². The van der Waals surface area contributed by atoms with Gasteiger partial charge in [-0.1, -0.05) is 60.7 Å². The van der Waals surface area contributed by atoms with Gasteiger partial charge in [0.25, 0.3) is 5.91 Å². The maximum atomic E-state index is 13.0. The minimum Gasteiger partial charge on any atom is -0.480 e. The van der Waals surface area contributed by atoms with E-state index in [0.717, 1.165) is 4.90 Å². The second-order valence-electron chi connectivity index (χ2n) is 5.20. The Balaban J connectivity index is 2.17. The third-order valence-electron chi connectivity index (χ3n) is 3.81. The maximum Gasteiger partial charge on any atom is 0.326 e. The number of benzene rings is 2. The Morgan fingerprint density at radius 3 is 1.87 bits per heavy atom. The van der Waals surface area contributed by atoms with Crippen LogP contribution in [0.25, 0.3) is 0 Å². The summed E-state index contributed by atoms with van der Waals surface area (Å²) in [5.74, 6) is -1.84. The van der Waals surface area contributed by atoms with Gasteiger partial charge in [0, 0.05) is 0 Å². The summed E-state index contributed by atoms with van der Waals surface area (Å²) in [6.07, 6.45) is 0. The summed E-state index contributed by atoms with van der Waals surface area (Å²) < 4.78 is 0. The van der Waals surface area contributed by atoms with Gasteiger partial charge in [0.05, 0.1) is 0 Å². The Labute approximate surface area is 132 Å². The molecule has 2 N–H and O–H groups in total. The smallest absolute Gasteiger partial charge is 0.326 e. The third kappa shape index (κ3) is 2.34. The number of aliphatic carboxylic acids is 1. The summed E-state index contributed by atoms with van der Waals surface area (Å²) in [6, 6.07) is 16.9. The number of imide groups is 1. The molecule has 0 atom stereocenters. The normalized spacial score (nSPS) is 16.3. The molecule has 0 radical (unpaired) electrons. The van der Waals surface area contributed by atoms with Crippen LogP contribution in [0.15, 0.2) is 60.7 Å². The fourth-order valence-corrected chi connectivity index (χ4v) is 2.79. The van der Waals surface area contributed by atoms with E-state index in [9.17, 15) is 14.4 Å². The molecule has 0 bridgehead atoms. The molecular formula is C17H14N2O4. The number of urea groups is 1. The van der Waals surface area contributed by atoms with Gasteiger partial charge < -0.3 is 10.4 Å². The molecule has 1 fully saturated rings. The first-order valence-corrected chi connectivity index (χ1v) is 7.02. The van der Waals surface area contributed by atoms with E-state index in [-0.39, 0.29) is 0 Å². The molecule has 1 saturated heterocycles. The number of nitrogens with one attached hydrogen (secondary N) is 1. The van der Waals surface area contributed by atoms with Gasteiger partial charge in [-0.25, -0.2) is 4.79 Å². The lowest BCUT2D eigenvalue weighted by Gasteiger charge is -2.27. The van der Waals surface area contributed by atoms with Crippen molar-refractivity contribution in [2.45, 2.75) is 5.54 Å². The van der Waals surface area contributed by atoms with Gasteiger partial charge in [-0.15, -0.1) is 0 Å². The largest absolute Gasteiger partial charge is 0.480 e. The van der Waals surface area contributed by atoms with E-state index in [1.54, 1.807) is 60.7 Å². The molecule has 3 amide bonds. The van der Waals surface area contributed by atoms with Gasteiger partial charge in [-0.05, 0) is 11.1 Å². The summed E-state index contributed by atoms with van der Waals surface area (Å²) >= 11 is 0. The van der Waals surface area contributed by atoms with E-state index in [1.807, 2.05) is 0 Å². The first-order valence-electron chi connectivity index (χ1n) is 7.02. The van der Waals surface area contributed by atoms with Crippen LogP contribution in [-0.4, -0.2) is 34.5 Å². The second kappa shape index (κ2) is 5.57. The Hall–Kier alpha value is -3.15. The van der Waals surface area contributed by atoms with Gasteiger partial charge in [0.15, 0.2) is 5.54 Å². The van der Waals surface area contributed by atoms with E-state index in [2.05, 4.69) is 5.32 Å². The lowest BCUT2D eigenvalue weighted by molar-refractivity contribution is -0.142. The van der Waals surface area contributed by atoms with Crippen molar-refractivity contribution in [3.63, 3.8) is 0 Å². The van der Waals surface area contributed by atoms with Crippen molar-refractivity contribution in [1.82, 2.24) is 10.2 Å². The molecule has 0 unspecified atom stereocenters. The summed E-state index contributed by atoms with van der Waals surface area (Å²) in [5.41, 5.74) is -0.246. The molecule has 1 aliphatic heterocycles. The number of carboxylic acids is 1. The van der Waals surface area contributed by atoms with Crippen LogP contribution in [-0.2, 0) is 15.1 Å². The fourth-order valence-electron chi connectivity index (χ4n) is 2.79. The maximum absolute atomic E-state index is 13.0. The topological polar surface area (TPSA) is 86.7 Å². The highest BCUT2D eigenvalue weighted by Crippen LogP contribution is 2.35. The molecular weight excluding hydrogens is 296 g/mol. The van der Waals surface area contributed by atoms with Gasteiger partial charge in [-0.2, -0.15) is 0 Å². The number of carbonyl (C=O) groups is 3. The fraction of sp³-hybridized carbons (Fsp3) is 0.118. The lowest BCUT2D eigenvalue weighted by Crippen LogP contribution is -2.45. The van der Waals surface area contributed by atoms with E-state index in [1.165, 1.54) is 0 Å². The van der Waals surface area contributed by atoms with Crippen molar-refractivity contribution in [1.29, 1.82) is 0 Å². The minimum absolute atomic E-state index is 0.581. The second-order valence-corrected chi connectivity index (χ2v) is 5.20. The molecule has 0 saturated carbocycles. The SMILES string of the molecule is O=C(O)CN1C(=O)NC(c2ccccc2)(c2ccccc2)C1=O. The Morgan fingerprint density at radius 1 is 0.957 bits per heavy atom. The molecule has 116 valence electrons. The highest BCUT2D eigenvalue weighted by atomic mass is 16.4. The number of hydrogen-bond acceptors (Lipinski definition) is 3. The zero-order chi connectivity index (χ0) is 16.4. The van der Waals surface area contributed by atoms with Crippen molar-refractivity contribution in [2.24, 2.45) is 0 Å². The van der Waals surface area contributed by atoms with E-state index in [0.29, 0.717) is 11.1 Å². The molecule has 0 aromatic heterocycles. The van der Waals surface area contributed by atoms with Crippen molar-refractivity contribution in [2.75, 3.05) is 6.54 Å². The van der Waals surface area contributed by atoms with Crippen molar-refractivity contribution >= 4 is 17.9 Å². The molecule has 1 heterocycles. The quantitative estimate of drug-likeness (QED) is 0.839. The number of nitrogens with zero attached hydrogens (tertiary/aromatic N) is 1. The molecule has 6 nitrogen and oxygen atoms in total. The number of rotatable bonds is 4. The van der Waals surface area contributed by atoms with Crippen molar-refractivity contribution in [3.8, 4) is 0 Å². The molecule has 1 aliphatic rings. The van der Waals surface area contributed by atoms with E-state index >= 15 is 0 Å². The van der Waals surface area contributed by atoms with Crippen molar-refractivity contribution in [3.05, 3.63) is 71.8 Å². The molecule has 0 spiro atoms. The van der Waals surface area contributed by atoms with Gasteiger partial charge >= 0.3 is 12.0 Å². The van der Waals surface area contributed by atoms with Crippen LogP contribution >= 0.6 is 0 Å². The first-order chi connectivity index (χ1) is 11.1. The lowest BCUT2D eigenvalue weighted by atomic mass is 9.82. The molecule has 2 aromatic rings. The monoisotopic (exact) mass is 310 g/mol. The van der Waals surface area contributed by atoms with Gasteiger partial charge in [-0.3, -0.25) is 14.5 Å². The molecule has 2 aromatic carbocycles. The van der Waals surface area contributed by atoms with Crippen LogP contribution in [0.4, 0.5) is 4.79 Å². The van der Waals surface area contributed by atoms with Crippen LogP contribution in [0.3, 0.4) is 0 Å². The average molecular weight is 310 g/mol. The number of hydrogen-bond donors (Lipinski definition) is 2. The number of carbonyl (C=O) groups excluding carboxylic acids is 2. The zero-order valence-electron chi connectivity index (χ0n) is 12.1. The van der Waals surface area contributed by atoms with Crippen LogP contribution in [0.1, 0.15) is 11.1 Å².